The second-order valence-corrected chi connectivity index (χ2v) is 20.6. The van der Waals surface area contributed by atoms with Crippen molar-refractivity contribution in [2.45, 2.75) is 288 Å². The van der Waals surface area contributed by atoms with E-state index in [1.165, 1.54) is 161 Å². The Morgan fingerprint density at radius 2 is 0.957 bits per heavy atom. The molecule has 0 spiro atoms. The van der Waals surface area contributed by atoms with E-state index >= 15 is 0 Å². The van der Waals surface area contributed by atoms with Gasteiger partial charge in [0, 0.05) is 13.0 Å². The number of carbonyl (C=O) groups is 1. The van der Waals surface area contributed by atoms with Gasteiger partial charge in [-0.1, -0.05) is 211 Å². The summed E-state index contributed by atoms with van der Waals surface area (Å²) in [5, 5.41) is 30.8. The number of rotatable bonds is 50. The molecule has 12 nitrogen and oxygen atoms in total. The number of aliphatic hydroxyl groups excluding tert-OH is 3. The molecular weight excluding hydrogens is 897 g/mol. The zero-order valence-corrected chi connectivity index (χ0v) is 44.7. The molecule has 0 aromatic heterocycles. The Hall–Kier alpha value is -1.68. The minimum Gasteiger partial charge on any atom is -0.457 e. The third kappa shape index (κ3) is 40.5. The SMILES string of the molecule is CCCCCCC/C=C\C/C=C\CCCCCCCCCCCCCCCCOCC(COC1OC(CO)C(O)C(OS(=O)(=O)O)C1O)OC(=O)CCCCCCC/C=C\CCCCCCCCC. The minimum atomic E-state index is -5.07. The standard InChI is InChI=1S/C56H104O12S/c1-3-5-7-9-11-13-15-17-19-21-22-23-24-25-26-27-28-29-30-32-34-36-38-40-42-44-46-64-48-50(49-65-56-54(60)55(68-69(61,62)63)53(59)51(47-57)67-56)66-52(58)45-43-41-39-37-35-33-31-20-18-16-14-12-10-8-6-4-2/h15,17,20-22,31,50-51,53-57,59-60H,3-14,16,18-19,23-30,32-49H2,1-2H3,(H,61,62,63)/b17-15-,22-21-,31-20-. The molecule has 0 amide bonds. The fourth-order valence-electron chi connectivity index (χ4n) is 8.70. The molecule has 13 heteroatoms. The maximum absolute atomic E-state index is 12.9. The van der Waals surface area contributed by atoms with Crippen LogP contribution in [0.4, 0.5) is 0 Å². The highest BCUT2D eigenvalue weighted by molar-refractivity contribution is 7.80. The first-order valence-corrected chi connectivity index (χ1v) is 29.6. The van der Waals surface area contributed by atoms with E-state index in [-0.39, 0.29) is 19.6 Å². The van der Waals surface area contributed by atoms with Crippen molar-refractivity contribution in [3.63, 3.8) is 0 Å². The third-order valence-electron chi connectivity index (χ3n) is 13.0. The van der Waals surface area contributed by atoms with Crippen molar-refractivity contribution in [3.8, 4) is 0 Å². The van der Waals surface area contributed by atoms with E-state index in [0.29, 0.717) is 13.0 Å². The molecule has 0 aromatic carbocycles. The average molecular weight is 1000 g/mol. The van der Waals surface area contributed by atoms with Crippen LogP contribution < -0.4 is 0 Å². The molecule has 0 bridgehead atoms. The zero-order chi connectivity index (χ0) is 50.3. The van der Waals surface area contributed by atoms with Gasteiger partial charge < -0.3 is 34.3 Å². The maximum atomic E-state index is 12.9. The van der Waals surface area contributed by atoms with Crippen molar-refractivity contribution in [2.75, 3.05) is 26.4 Å². The topological polar surface area (TPSA) is 178 Å². The quantitative estimate of drug-likeness (QED) is 0.0196. The predicted molar refractivity (Wildman–Crippen MR) is 280 cm³/mol. The van der Waals surface area contributed by atoms with Crippen molar-refractivity contribution < 1.29 is 56.2 Å². The van der Waals surface area contributed by atoms with E-state index in [2.05, 4.69) is 54.5 Å². The number of hydrogen-bond acceptors (Lipinski definition) is 11. The molecule has 4 N–H and O–H groups in total. The summed E-state index contributed by atoms with van der Waals surface area (Å²) in [4.78, 5) is 12.9. The lowest BCUT2D eigenvalue weighted by Gasteiger charge is -2.41. The van der Waals surface area contributed by atoms with Gasteiger partial charge in [-0.05, 0) is 70.6 Å². The predicted octanol–water partition coefficient (Wildman–Crippen LogP) is 13.7. The summed E-state index contributed by atoms with van der Waals surface area (Å²) in [7, 11) is -5.07. The lowest BCUT2D eigenvalue weighted by atomic mass is 9.99. The minimum absolute atomic E-state index is 0.0345. The van der Waals surface area contributed by atoms with E-state index in [4.69, 9.17) is 18.9 Å². The highest BCUT2D eigenvalue weighted by Gasteiger charge is 2.48. The lowest BCUT2D eigenvalue weighted by Crippen LogP contribution is -2.60. The summed E-state index contributed by atoms with van der Waals surface area (Å²) in [5.41, 5.74) is 0. The second kappa shape index (κ2) is 47.3. The van der Waals surface area contributed by atoms with Gasteiger partial charge in [-0.15, -0.1) is 0 Å². The number of hydrogen-bond donors (Lipinski definition) is 4. The monoisotopic (exact) mass is 1000 g/mol. The van der Waals surface area contributed by atoms with Crippen molar-refractivity contribution in [3.05, 3.63) is 36.5 Å². The van der Waals surface area contributed by atoms with Crippen molar-refractivity contribution in [1.29, 1.82) is 0 Å². The third-order valence-corrected chi connectivity index (χ3v) is 13.5. The van der Waals surface area contributed by atoms with Crippen LogP contribution in [0, 0.1) is 0 Å². The van der Waals surface area contributed by atoms with Gasteiger partial charge in [-0.2, -0.15) is 8.42 Å². The van der Waals surface area contributed by atoms with Crippen molar-refractivity contribution in [2.24, 2.45) is 0 Å². The molecule has 1 saturated heterocycles. The number of aliphatic hydroxyl groups is 3. The molecule has 6 unspecified atom stereocenters. The Kier molecular flexibility index (Phi) is 44.8. The van der Waals surface area contributed by atoms with Crippen LogP contribution in [0.3, 0.4) is 0 Å². The molecule has 69 heavy (non-hydrogen) atoms. The maximum Gasteiger partial charge on any atom is 0.397 e. The molecule has 0 aromatic rings. The van der Waals surface area contributed by atoms with E-state index in [1.54, 1.807) is 0 Å². The van der Waals surface area contributed by atoms with Crippen LogP contribution in [0.5, 0.6) is 0 Å². The molecule has 1 aliphatic rings. The van der Waals surface area contributed by atoms with E-state index < -0.39 is 59.8 Å². The van der Waals surface area contributed by atoms with Gasteiger partial charge in [0.15, 0.2) is 6.29 Å². The molecule has 0 radical (unpaired) electrons. The van der Waals surface area contributed by atoms with Crippen LogP contribution in [0.1, 0.15) is 251 Å². The molecule has 1 rings (SSSR count). The summed E-state index contributed by atoms with van der Waals surface area (Å²) < 4.78 is 59.4. The van der Waals surface area contributed by atoms with Gasteiger partial charge in [0.1, 0.15) is 30.5 Å². The summed E-state index contributed by atoms with van der Waals surface area (Å²) in [6.07, 6.45) is 49.0. The van der Waals surface area contributed by atoms with Crippen LogP contribution in [0.25, 0.3) is 0 Å². The average Bonchev–Trinajstić information content (AvgIpc) is 3.32. The highest BCUT2D eigenvalue weighted by Crippen LogP contribution is 2.26. The van der Waals surface area contributed by atoms with Gasteiger partial charge >= 0.3 is 16.4 Å². The van der Waals surface area contributed by atoms with Crippen LogP contribution >= 0.6 is 0 Å². The zero-order valence-electron chi connectivity index (χ0n) is 43.9. The Morgan fingerprint density at radius 1 is 0.551 bits per heavy atom. The van der Waals surface area contributed by atoms with Gasteiger partial charge in [-0.3, -0.25) is 9.35 Å². The first-order chi connectivity index (χ1) is 33.6. The largest absolute Gasteiger partial charge is 0.457 e. The number of unbranched alkanes of at least 4 members (excludes halogenated alkanes) is 31. The molecule has 1 heterocycles. The number of carbonyl (C=O) groups excluding carboxylic acids is 1. The van der Waals surface area contributed by atoms with Crippen LogP contribution in [-0.2, 0) is 38.3 Å². The number of allylic oxidation sites excluding steroid dienone is 6. The molecule has 1 fully saturated rings. The molecule has 6 atom stereocenters. The van der Waals surface area contributed by atoms with Crippen LogP contribution in [-0.4, -0.2) is 97.5 Å². The fraction of sp³-hybridized carbons (Fsp3) is 0.875. The molecule has 1 aliphatic heterocycles. The van der Waals surface area contributed by atoms with Crippen LogP contribution in [0.2, 0.25) is 0 Å². The van der Waals surface area contributed by atoms with Gasteiger partial charge in [0.25, 0.3) is 0 Å². The lowest BCUT2D eigenvalue weighted by molar-refractivity contribution is -0.301. The molecule has 406 valence electrons. The van der Waals surface area contributed by atoms with Crippen molar-refractivity contribution >= 4 is 16.4 Å². The van der Waals surface area contributed by atoms with Crippen molar-refractivity contribution in [1.82, 2.24) is 0 Å². The first-order valence-electron chi connectivity index (χ1n) is 28.2. The molecule has 0 aliphatic carbocycles. The summed E-state index contributed by atoms with van der Waals surface area (Å²) in [6, 6.07) is 0. The Labute approximate surface area is 422 Å². The Morgan fingerprint density at radius 3 is 1.39 bits per heavy atom. The number of ether oxygens (including phenoxy) is 4. The Balaban J connectivity index is 2.28. The first kappa shape index (κ1) is 65.3. The van der Waals surface area contributed by atoms with E-state index in [1.807, 2.05) is 0 Å². The Bertz CT molecular complexity index is 1340. The van der Waals surface area contributed by atoms with Gasteiger partial charge in [-0.25, -0.2) is 4.18 Å². The summed E-state index contributed by atoms with van der Waals surface area (Å²) >= 11 is 0. The van der Waals surface area contributed by atoms with E-state index in [9.17, 15) is 33.1 Å². The summed E-state index contributed by atoms with van der Waals surface area (Å²) in [6.45, 7) is 4.00. The molecule has 0 saturated carbocycles. The molecular formula is C56H104O12S. The highest BCUT2D eigenvalue weighted by atomic mass is 32.3. The smallest absolute Gasteiger partial charge is 0.397 e. The van der Waals surface area contributed by atoms with Gasteiger partial charge in [0.2, 0.25) is 0 Å². The van der Waals surface area contributed by atoms with E-state index in [0.717, 1.165) is 64.2 Å². The number of esters is 1. The fourth-order valence-corrected chi connectivity index (χ4v) is 9.21. The van der Waals surface area contributed by atoms with Crippen LogP contribution in [0.15, 0.2) is 36.5 Å². The normalized spacial score (nSPS) is 19.4. The second-order valence-electron chi connectivity index (χ2n) is 19.5. The van der Waals surface area contributed by atoms with Gasteiger partial charge in [0.05, 0.1) is 19.8 Å². The summed E-state index contributed by atoms with van der Waals surface area (Å²) in [5.74, 6) is -0.404.